The second-order valence-corrected chi connectivity index (χ2v) is 24.1. The zero-order valence-electron chi connectivity index (χ0n) is 58.2. The number of aromatic carboxylic acids is 2. The molecule has 0 bridgehead atoms. The number of hydrogen-bond donors (Lipinski definition) is 6. The summed E-state index contributed by atoms with van der Waals surface area (Å²) in [6.45, 7) is 0. The Morgan fingerprint density at radius 2 is 0.439 bits per heavy atom. The minimum Gasteiger partial charge on any atom is -0.478 e. The molecule has 0 heterocycles. The van der Waals surface area contributed by atoms with Crippen LogP contribution in [0, 0.1) is 0 Å². The first kappa shape index (κ1) is 86.1. The van der Waals surface area contributed by atoms with E-state index in [-0.39, 0.29) is 123 Å². The predicted molar refractivity (Wildman–Crippen MR) is 415 cm³/mol. The van der Waals surface area contributed by atoms with Crippen LogP contribution in [0.1, 0.15) is 65.2 Å². The fourth-order valence-corrected chi connectivity index (χ4v) is 11.3. The van der Waals surface area contributed by atoms with Gasteiger partial charge in [-0.1, -0.05) is 340 Å². The molecule has 0 radical (unpaired) electrons. The molecule has 570 valence electrons. The van der Waals surface area contributed by atoms with Crippen LogP contribution in [-0.2, 0) is 72.2 Å². The molecule has 0 saturated carbocycles. The van der Waals surface area contributed by atoms with Crippen molar-refractivity contribution in [2.24, 2.45) is 61.9 Å². The van der Waals surface area contributed by atoms with E-state index in [9.17, 15) is 40.6 Å². The molecule has 0 aliphatic heterocycles. The second-order valence-electron chi connectivity index (χ2n) is 22.0. The maximum atomic E-state index is 16.9. The van der Waals surface area contributed by atoms with Gasteiger partial charge in [-0.25, -0.2) is 26.9 Å². The smallest absolute Gasteiger partial charge is 0.478 e. The van der Waals surface area contributed by atoms with E-state index in [0.29, 0.717) is 45.8 Å². The van der Waals surface area contributed by atoms with Gasteiger partial charge in [0.25, 0.3) is 0 Å². The summed E-state index contributed by atoms with van der Waals surface area (Å²) in [5.41, 5.74) is -2.66. The molecule has 0 aliphatic rings. The van der Waals surface area contributed by atoms with Crippen LogP contribution in [0.4, 0.5) is 17.3 Å². The first-order valence-electron chi connectivity index (χ1n) is 32.6. The Hall–Kier alpha value is -13.5. The molecule has 0 spiro atoms. The molecule has 28 nitrogen and oxygen atoms in total. The molecule has 114 heavy (non-hydrogen) atoms. The summed E-state index contributed by atoms with van der Waals surface area (Å²) < 4.78 is 108. The van der Waals surface area contributed by atoms with Crippen LogP contribution in [0.15, 0.2) is 363 Å². The SMILES string of the molecule is O=C(O)c1cccc(SC(=N\O)/C(=N/OB(F)O/N=C(/C(=N/OB(F)O/N=C(/C(=N/O)c2ccccc2)c2ccccc2)c2ccccc2)c2ccccc2)C(=N\OB(F)O/N=C(/C(=N/OB(F)O/N=C(/C(=N/O)c2ccccc2)c2ccccc2)c2ccccc2)c2ccccc2)/C(=N/O)Sc2cccc(C(=O)O)c2)c1.[Fe+2].[Fe+2]. The monoisotopic (exact) mass is 1660 g/mol. The van der Waals surface area contributed by atoms with Gasteiger partial charge in [0.1, 0.15) is 45.7 Å². The summed E-state index contributed by atoms with van der Waals surface area (Å²) in [4.78, 5) is 24.4. The van der Waals surface area contributed by atoms with Gasteiger partial charge in [-0.05, 0) is 36.4 Å². The topological polar surface area (TPSA) is 378 Å². The predicted octanol–water partition coefficient (Wildman–Crippen LogP) is 14.4. The van der Waals surface area contributed by atoms with Crippen molar-refractivity contribution in [1.29, 1.82) is 0 Å². The molecular formula is C74H54B4F4Fe2N12O16S2+4. The maximum absolute atomic E-state index is 16.9. The van der Waals surface area contributed by atoms with E-state index in [1.165, 1.54) is 84.9 Å². The van der Waals surface area contributed by atoms with Gasteiger partial charge in [0, 0.05) is 54.3 Å². The van der Waals surface area contributed by atoms with Crippen molar-refractivity contribution in [3.8, 4) is 0 Å². The zero-order chi connectivity index (χ0) is 78.8. The molecule has 40 heteroatoms. The molecule has 0 unspecified atom stereocenters. The molecule has 10 aromatic rings. The van der Waals surface area contributed by atoms with Gasteiger partial charge in [0.2, 0.25) is 0 Å². The summed E-state index contributed by atoms with van der Waals surface area (Å²) in [6, 6.07) is 73.7. The standard InChI is InChI=1S/C74H54B4F4N12O16S2.2Fe/c79-75(103-87-63(51-31-13-3-14-32-51)61(83-99)49-27-9-1-10-28-49)105-89-65(53-35-17-5-18-36-53)67(55-39-21-7-22-40-55)91-107-77(81)109-93-69(71(85-101)111-59-45-25-43-57(47-59)73(95)96)70(72(86-102)112-60-46-26-44-58(48-60)74(97)98)94-110-78(82)108-92-68(56-41-23-8-24-42-56)66(54-37-19-6-20-38-54)90-106-76(80)104-88-64(52-33-15-4-16-34-52)62(84-100)50-29-11-2-12-30-50;;/h1-48,99-102H,(H,95,96)(H,97,98);;/q;2*+2/b83-61+,84-62+,85-71-,86-72-,87-63+,88-64+,89-65+,90-66+,91-67+,92-68+,93-69+,94-70+;;. The molecule has 0 aliphatic carbocycles. The van der Waals surface area contributed by atoms with Crippen molar-refractivity contribution < 1.29 is 130 Å². The third kappa shape index (κ3) is 24.8. The van der Waals surface area contributed by atoms with E-state index in [0.717, 1.165) is 12.1 Å². The molecule has 10 aromatic carbocycles. The minimum atomic E-state index is -3.20. The van der Waals surface area contributed by atoms with Gasteiger partial charge in [-0.15, -0.1) is 0 Å². The van der Waals surface area contributed by atoms with Crippen molar-refractivity contribution in [1.82, 2.24) is 0 Å². The Labute approximate surface area is 676 Å². The maximum Gasteiger partial charge on any atom is 2.00 e. The van der Waals surface area contributed by atoms with Crippen molar-refractivity contribution in [2.45, 2.75) is 9.79 Å². The number of rotatable bonds is 35. The zero-order valence-corrected chi connectivity index (χ0v) is 62.0. The van der Waals surface area contributed by atoms with E-state index in [2.05, 4.69) is 61.9 Å². The van der Waals surface area contributed by atoms with Crippen molar-refractivity contribution in [3.63, 3.8) is 0 Å². The summed E-state index contributed by atoms with van der Waals surface area (Å²) >= 11 is 0.773. The third-order valence-corrected chi connectivity index (χ3v) is 16.6. The quantitative estimate of drug-likeness (QED) is 0.00409. The number of halogens is 4. The number of nitrogens with zero attached hydrogens (tertiary/aromatic N) is 12. The van der Waals surface area contributed by atoms with Gasteiger partial charge in [-0.3, -0.25) is 0 Å². The largest absolute Gasteiger partial charge is 2.00 e. The Morgan fingerprint density at radius 1 is 0.254 bits per heavy atom. The molecule has 0 fully saturated rings. The molecule has 0 aromatic heterocycles. The number of benzene rings is 10. The van der Waals surface area contributed by atoms with Crippen molar-refractivity contribution in [2.75, 3.05) is 0 Å². The Bertz CT molecular complexity index is 4920. The normalized spacial score (nSPS) is 12.7. The van der Waals surface area contributed by atoms with Crippen LogP contribution in [-0.4, -0.2) is 140 Å². The Kier molecular flexibility index (Phi) is 34.0. The van der Waals surface area contributed by atoms with Crippen LogP contribution in [0.2, 0.25) is 0 Å². The number of carboxylic acids is 2. The number of hydrogen-bond acceptors (Lipinski definition) is 28. The number of carbonyl (C=O) groups is 2. The van der Waals surface area contributed by atoms with Gasteiger partial charge in [0.15, 0.2) is 21.5 Å². The molecule has 6 N–H and O–H groups in total. The molecule has 0 saturated heterocycles. The van der Waals surface area contributed by atoms with Crippen LogP contribution < -0.4 is 0 Å². The average Bonchev–Trinajstić information content (AvgIpc) is 0.816. The molecule has 0 atom stereocenters. The summed E-state index contributed by atoms with van der Waals surface area (Å²) in [5.74, 6) is -2.82. The number of carboxylic acid groups (broad SMARTS) is 2. The number of thioether (sulfide) groups is 2. The first-order valence-corrected chi connectivity index (χ1v) is 34.2. The van der Waals surface area contributed by atoms with Crippen LogP contribution >= 0.6 is 23.5 Å². The Morgan fingerprint density at radius 3 is 0.632 bits per heavy atom. The van der Waals surface area contributed by atoms with E-state index < -0.39 is 63.0 Å². The van der Waals surface area contributed by atoms with Gasteiger partial charge in [0.05, 0.1) is 11.1 Å². The molecule has 0 amide bonds. The fraction of sp³-hybridized carbons (Fsp3) is 0. The third-order valence-electron chi connectivity index (χ3n) is 14.7. The molecular weight excluding hydrogens is 1610 g/mol. The van der Waals surface area contributed by atoms with Crippen molar-refractivity contribution in [3.05, 3.63) is 347 Å². The Balaban J connectivity index is 0.00000813. The van der Waals surface area contributed by atoms with Crippen LogP contribution in [0.3, 0.4) is 0 Å². The van der Waals surface area contributed by atoms with Crippen LogP contribution in [0.5, 0.6) is 0 Å². The molecule has 10 rings (SSSR count). The number of oxime groups is 12. The van der Waals surface area contributed by atoms with Crippen molar-refractivity contribution >= 4 is 132 Å². The fourth-order valence-electron chi connectivity index (χ4n) is 9.69. The van der Waals surface area contributed by atoms with E-state index in [1.54, 1.807) is 194 Å². The van der Waals surface area contributed by atoms with Gasteiger partial charge in [-0.2, -0.15) is 0 Å². The summed E-state index contributed by atoms with van der Waals surface area (Å²) in [7, 11) is -12.0. The minimum absolute atomic E-state index is 0. The second kappa shape index (κ2) is 45.0. The summed E-state index contributed by atoms with van der Waals surface area (Å²) in [5, 5.41) is 105. The van der Waals surface area contributed by atoms with E-state index in [1.807, 2.05) is 0 Å². The summed E-state index contributed by atoms with van der Waals surface area (Å²) in [6.07, 6.45) is 0. The average molecular weight is 1660 g/mol. The van der Waals surface area contributed by atoms with E-state index >= 15 is 17.3 Å². The van der Waals surface area contributed by atoms with Crippen LogP contribution in [0.25, 0.3) is 0 Å². The first-order chi connectivity index (χ1) is 54.7. The van der Waals surface area contributed by atoms with Gasteiger partial charge >= 0.3 is 75.7 Å². The van der Waals surface area contributed by atoms with Gasteiger partial charge < -0.3 is 69.1 Å². The van der Waals surface area contributed by atoms with E-state index in [4.69, 9.17) is 38.0 Å².